The third-order valence-corrected chi connectivity index (χ3v) is 4.92. The predicted molar refractivity (Wildman–Crippen MR) is 69.7 cm³/mol. The van der Waals surface area contributed by atoms with E-state index in [4.69, 9.17) is 0 Å². The Kier molecular flexibility index (Phi) is 4.23. The molecular formula is C13H18FNO3S. The lowest BCUT2D eigenvalue weighted by atomic mass is 9.93. The Morgan fingerprint density at radius 3 is 2.68 bits per heavy atom. The lowest BCUT2D eigenvalue weighted by Gasteiger charge is -2.28. The summed E-state index contributed by atoms with van der Waals surface area (Å²) in [5, 5.41) is 9.78. The highest BCUT2D eigenvalue weighted by Crippen LogP contribution is 2.22. The molecule has 0 bridgehead atoms. The van der Waals surface area contributed by atoms with Crippen molar-refractivity contribution in [3.63, 3.8) is 0 Å². The minimum Gasteiger partial charge on any atom is -0.391 e. The van der Waals surface area contributed by atoms with Crippen LogP contribution in [0.3, 0.4) is 0 Å². The molecule has 6 heteroatoms. The van der Waals surface area contributed by atoms with Crippen molar-refractivity contribution in [1.82, 2.24) is 4.72 Å². The molecule has 2 atom stereocenters. The molecule has 19 heavy (non-hydrogen) atoms. The van der Waals surface area contributed by atoms with Gasteiger partial charge in [-0.1, -0.05) is 18.9 Å². The quantitative estimate of drug-likeness (QED) is 0.889. The highest BCUT2D eigenvalue weighted by atomic mass is 32.2. The molecule has 2 rings (SSSR count). The maximum atomic E-state index is 13.6. The van der Waals surface area contributed by atoms with Gasteiger partial charge in [-0.3, -0.25) is 0 Å². The number of aryl methyl sites for hydroxylation is 1. The summed E-state index contributed by atoms with van der Waals surface area (Å²) in [5.41, 5.74) is 0.672. The van der Waals surface area contributed by atoms with Gasteiger partial charge in [0.1, 0.15) is 10.7 Å². The molecule has 0 spiro atoms. The molecule has 1 aromatic carbocycles. The van der Waals surface area contributed by atoms with Crippen molar-refractivity contribution in [1.29, 1.82) is 0 Å². The average molecular weight is 287 g/mol. The van der Waals surface area contributed by atoms with E-state index in [0.717, 1.165) is 18.9 Å². The topological polar surface area (TPSA) is 66.4 Å². The van der Waals surface area contributed by atoms with Crippen molar-refractivity contribution < 1.29 is 17.9 Å². The SMILES string of the molecule is Cc1ccc(F)c(S(=O)(=O)N[C@@H]2CCCC[C@H]2O)c1. The molecule has 1 aromatic rings. The van der Waals surface area contributed by atoms with E-state index in [1.807, 2.05) is 0 Å². The van der Waals surface area contributed by atoms with Gasteiger partial charge in [0.2, 0.25) is 10.0 Å². The summed E-state index contributed by atoms with van der Waals surface area (Å²) in [4.78, 5) is -0.356. The second kappa shape index (κ2) is 5.56. The summed E-state index contributed by atoms with van der Waals surface area (Å²) in [5.74, 6) is -0.775. The summed E-state index contributed by atoms with van der Waals surface area (Å²) in [6.45, 7) is 1.70. The molecule has 0 saturated heterocycles. The molecule has 4 nitrogen and oxygen atoms in total. The van der Waals surface area contributed by atoms with Crippen LogP contribution in [0.4, 0.5) is 4.39 Å². The first-order chi connectivity index (χ1) is 8.90. The Balaban J connectivity index is 2.24. The summed E-state index contributed by atoms with van der Waals surface area (Å²) in [6, 6.07) is 3.43. The van der Waals surface area contributed by atoms with E-state index in [1.165, 1.54) is 12.1 Å². The average Bonchev–Trinajstić information content (AvgIpc) is 2.35. The zero-order valence-corrected chi connectivity index (χ0v) is 11.6. The lowest BCUT2D eigenvalue weighted by molar-refractivity contribution is 0.101. The van der Waals surface area contributed by atoms with E-state index in [2.05, 4.69) is 4.72 Å². The molecule has 0 unspecified atom stereocenters. The molecule has 1 aliphatic rings. The number of halogens is 1. The number of benzene rings is 1. The monoisotopic (exact) mass is 287 g/mol. The van der Waals surface area contributed by atoms with Crippen molar-refractivity contribution in [2.24, 2.45) is 0 Å². The number of sulfonamides is 1. The molecule has 2 N–H and O–H groups in total. The number of aliphatic hydroxyl groups is 1. The Morgan fingerprint density at radius 2 is 2.00 bits per heavy atom. The first kappa shape index (κ1) is 14.4. The van der Waals surface area contributed by atoms with Crippen LogP contribution < -0.4 is 4.72 Å². The summed E-state index contributed by atoms with van der Waals surface area (Å²) in [6.07, 6.45) is 2.20. The molecule has 1 saturated carbocycles. The number of hydrogen-bond acceptors (Lipinski definition) is 3. The molecule has 0 heterocycles. The van der Waals surface area contributed by atoms with E-state index >= 15 is 0 Å². The first-order valence-corrected chi connectivity index (χ1v) is 7.85. The largest absolute Gasteiger partial charge is 0.391 e. The van der Waals surface area contributed by atoms with Crippen LogP contribution in [0, 0.1) is 12.7 Å². The molecule has 0 aliphatic heterocycles. The standard InChI is InChI=1S/C13H18FNO3S/c1-9-6-7-10(14)13(8-9)19(17,18)15-11-4-2-3-5-12(11)16/h6-8,11-12,15-16H,2-5H2,1H3/t11-,12-/m1/s1. The van der Waals surface area contributed by atoms with Gasteiger partial charge in [0.15, 0.2) is 0 Å². The molecule has 106 valence electrons. The number of nitrogens with one attached hydrogen (secondary N) is 1. The Bertz CT molecular complexity index is 559. The van der Waals surface area contributed by atoms with E-state index in [-0.39, 0.29) is 4.90 Å². The third kappa shape index (κ3) is 3.32. The van der Waals surface area contributed by atoms with Gasteiger partial charge in [-0.2, -0.15) is 0 Å². The maximum Gasteiger partial charge on any atom is 0.243 e. The van der Waals surface area contributed by atoms with Gasteiger partial charge in [-0.15, -0.1) is 0 Å². The van der Waals surface area contributed by atoms with Crippen LogP contribution in [0.25, 0.3) is 0 Å². The van der Waals surface area contributed by atoms with Gasteiger partial charge in [0.25, 0.3) is 0 Å². The van der Waals surface area contributed by atoms with Gasteiger partial charge in [-0.05, 0) is 37.5 Å². The fourth-order valence-corrected chi connectivity index (χ4v) is 3.79. The molecule has 0 amide bonds. The van der Waals surface area contributed by atoms with Crippen LogP contribution >= 0.6 is 0 Å². The highest BCUT2D eigenvalue weighted by molar-refractivity contribution is 7.89. The molecule has 1 fully saturated rings. The fraction of sp³-hybridized carbons (Fsp3) is 0.538. The van der Waals surface area contributed by atoms with Gasteiger partial charge in [0, 0.05) is 6.04 Å². The second-order valence-corrected chi connectivity index (χ2v) is 6.70. The third-order valence-electron chi connectivity index (χ3n) is 3.41. The van der Waals surface area contributed by atoms with E-state index < -0.39 is 28.0 Å². The summed E-state index contributed by atoms with van der Waals surface area (Å²) < 4.78 is 40.4. The van der Waals surface area contributed by atoms with Crippen LogP contribution in [0.1, 0.15) is 31.2 Å². The van der Waals surface area contributed by atoms with E-state index in [0.29, 0.717) is 18.4 Å². The van der Waals surface area contributed by atoms with Crippen molar-refractivity contribution in [3.05, 3.63) is 29.6 Å². The van der Waals surface area contributed by atoms with Crippen LogP contribution in [0.15, 0.2) is 23.1 Å². The smallest absolute Gasteiger partial charge is 0.243 e. The first-order valence-electron chi connectivity index (χ1n) is 6.37. The van der Waals surface area contributed by atoms with Crippen molar-refractivity contribution >= 4 is 10.0 Å². The predicted octanol–water partition coefficient (Wildman–Crippen LogP) is 1.72. The van der Waals surface area contributed by atoms with Crippen LogP contribution in [0.2, 0.25) is 0 Å². The van der Waals surface area contributed by atoms with Crippen molar-refractivity contribution in [2.45, 2.75) is 49.6 Å². The molecular weight excluding hydrogens is 269 g/mol. The Morgan fingerprint density at radius 1 is 1.32 bits per heavy atom. The Labute approximate surface area is 112 Å². The van der Waals surface area contributed by atoms with Crippen LogP contribution in [-0.4, -0.2) is 25.7 Å². The highest BCUT2D eigenvalue weighted by Gasteiger charge is 2.29. The molecule has 0 aromatic heterocycles. The zero-order chi connectivity index (χ0) is 14.0. The van der Waals surface area contributed by atoms with Crippen molar-refractivity contribution in [2.75, 3.05) is 0 Å². The number of aliphatic hydroxyl groups excluding tert-OH is 1. The maximum absolute atomic E-state index is 13.6. The van der Waals surface area contributed by atoms with Gasteiger partial charge < -0.3 is 5.11 Å². The van der Waals surface area contributed by atoms with Crippen molar-refractivity contribution in [3.8, 4) is 0 Å². The van der Waals surface area contributed by atoms with Gasteiger partial charge >= 0.3 is 0 Å². The van der Waals surface area contributed by atoms with Crippen LogP contribution in [0.5, 0.6) is 0 Å². The van der Waals surface area contributed by atoms with E-state index in [9.17, 15) is 17.9 Å². The molecule has 1 aliphatic carbocycles. The fourth-order valence-electron chi connectivity index (χ4n) is 2.33. The summed E-state index contributed by atoms with van der Waals surface area (Å²) in [7, 11) is -3.93. The minimum atomic E-state index is -3.93. The second-order valence-electron chi connectivity index (χ2n) is 5.01. The van der Waals surface area contributed by atoms with Gasteiger partial charge in [0.05, 0.1) is 6.10 Å². The zero-order valence-electron chi connectivity index (χ0n) is 10.8. The molecule has 0 radical (unpaired) electrons. The minimum absolute atomic E-state index is 0.356. The normalized spacial score (nSPS) is 24.4. The summed E-state index contributed by atoms with van der Waals surface area (Å²) >= 11 is 0. The van der Waals surface area contributed by atoms with Gasteiger partial charge in [-0.25, -0.2) is 17.5 Å². The lowest BCUT2D eigenvalue weighted by Crippen LogP contribution is -2.45. The van der Waals surface area contributed by atoms with Crippen LogP contribution in [-0.2, 0) is 10.0 Å². The van der Waals surface area contributed by atoms with E-state index in [1.54, 1.807) is 6.92 Å². The Hall–Kier alpha value is -0.980. The number of hydrogen-bond donors (Lipinski definition) is 2. The number of rotatable bonds is 3.